The van der Waals surface area contributed by atoms with Crippen molar-refractivity contribution in [2.24, 2.45) is 5.92 Å². The first-order chi connectivity index (χ1) is 6.25. The second-order valence-electron chi connectivity index (χ2n) is 5.03. The minimum Gasteiger partial charge on any atom is -0.311 e. The van der Waals surface area contributed by atoms with Crippen molar-refractivity contribution in [3.05, 3.63) is 0 Å². The lowest BCUT2D eigenvalue weighted by Gasteiger charge is -2.36. The molecule has 1 N–H and O–H groups in total. The molecule has 0 aliphatic carbocycles. The summed E-state index contributed by atoms with van der Waals surface area (Å²) in [5.41, 5.74) is 0. The Labute approximate surface area is 81.7 Å². The van der Waals surface area contributed by atoms with Gasteiger partial charge in [-0.3, -0.25) is 4.90 Å². The van der Waals surface area contributed by atoms with Crippen LogP contribution in [0.2, 0.25) is 0 Å². The van der Waals surface area contributed by atoms with Crippen LogP contribution in [0.3, 0.4) is 0 Å². The van der Waals surface area contributed by atoms with Crippen molar-refractivity contribution in [1.82, 2.24) is 10.2 Å². The molecule has 2 heterocycles. The third kappa shape index (κ3) is 2.23. The second-order valence-corrected chi connectivity index (χ2v) is 5.03. The molecule has 2 fully saturated rings. The first-order valence-corrected chi connectivity index (χ1v) is 5.73. The molecule has 13 heavy (non-hydrogen) atoms. The zero-order valence-electron chi connectivity index (χ0n) is 8.92. The van der Waals surface area contributed by atoms with E-state index in [1.165, 1.54) is 38.9 Å². The molecule has 0 amide bonds. The molecule has 76 valence electrons. The van der Waals surface area contributed by atoms with E-state index in [1.807, 2.05) is 0 Å². The maximum absolute atomic E-state index is 3.68. The number of fused-ring (bicyclic) bond motifs is 1. The van der Waals surface area contributed by atoms with Crippen LogP contribution < -0.4 is 5.32 Å². The molecule has 0 bridgehead atoms. The number of nitrogens with one attached hydrogen (secondary N) is 1. The fourth-order valence-electron chi connectivity index (χ4n) is 2.74. The smallest absolute Gasteiger partial charge is 0.0221 e. The molecule has 2 rings (SSSR count). The monoisotopic (exact) mass is 182 g/mol. The van der Waals surface area contributed by atoms with E-state index >= 15 is 0 Å². The molecular formula is C11H22N2. The maximum Gasteiger partial charge on any atom is 0.0221 e. The Balaban J connectivity index is 1.83. The van der Waals surface area contributed by atoms with E-state index < -0.39 is 0 Å². The summed E-state index contributed by atoms with van der Waals surface area (Å²) in [5, 5.41) is 3.68. The van der Waals surface area contributed by atoms with Gasteiger partial charge < -0.3 is 5.32 Å². The van der Waals surface area contributed by atoms with Crippen molar-refractivity contribution in [3.8, 4) is 0 Å². The quantitative estimate of drug-likeness (QED) is 0.695. The van der Waals surface area contributed by atoms with Crippen LogP contribution in [-0.2, 0) is 0 Å². The van der Waals surface area contributed by atoms with E-state index in [0.29, 0.717) is 0 Å². The van der Waals surface area contributed by atoms with Gasteiger partial charge in [0.05, 0.1) is 0 Å². The van der Waals surface area contributed by atoms with Gasteiger partial charge in [0, 0.05) is 25.2 Å². The van der Waals surface area contributed by atoms with Crippen LogP contribution in [0.15, 0.2) is 0 Å². The SMILES string of the molecule is CC(C)C[C@H]1CN2CCC[C@H]2CN1. The zero-order valence-corrected chi connectivity index (χ0v) is 8.92. The van der Waals surface area contributed by atoms with Crippen molar-refractivity contribution < 1.29 is 0 Å². The van der Waals surface area contributed by atoms with Gasteiger partial charge in [0.25, 0.3) is 0 Å². The van der Waals surface area contributed by atoms with Crippen LogP contribution in [0.5, 0.6) is 0 Å². The highest BCUT2D eigenvalue weighted by atomic mass is 15.2. The average molecular weight is 182 g/mol. The number of hydrogen-bond donors (Lipinski definition) is 1. The number of nitrogens with zero attached hydrogens (tertiary/aromatic N) is 1. The van der Waals surface area contributed by atoms with Crippen molar-refractivity contribution in [3.63, 3.8) is 0 Å². The molecule has 2 aliphatic rings. The Morgan fingerprint density at radius 3 is 3.08 bits per heavy atom. The van der Waals surface area contributed by atoms with Crippen LogP contribution in [0, 0.1) is 5.92 Å². The highest BCUT2D eigenvalue weighted by Crippen LogP contribution is 2.21. The summed E-state index contributed by atoms with van der Waals surface area (Å²) >= 11 is 0. The fourth-order valence-corrected chi connectivity index (χ4v) is 2.74. The maximum atomic E-state index is 3.68. The molecule has 0 radical (unpaired) electrons. The van der Waals surface area contributed by atoms with Gasteiger partial charge in [-0.1, -0.05) is 13.8 Å². The molecule has 2 aliphatic heterocycles. The summed E-state index contributed by atoms with van der Waals surface area (Å²) in [6.07, 6.45) is 4.17. The summed E-state index contributed by atoms with van der Waals surface area (Å²) < 4.78 is 0. The molecule has 0 unspecified atom stereocenters. The van der Waals surface area contributed by atoms with Crippen LogP contribution >= 0.6 is 0 Å². The Morgan fingerprint density at radius 2 is 2.31 bits per heavy atom. The third-order valence-corrected chi connectivity index (χ3v) is 3.35. The predicted molar refractivity (Wildman–Crippen MR) is 55.8 cm³/mol. The van der Waals surface area contributed by atoms with Gasteiger partial charge in [0.15, 0.2) is 0 Å². The molecular weight excluding hydrogens is 160 g/mol. The van der Waals surface area contributed by atoms with E-state index in [0.717, 1.165) is 18.0 Å². The van der Waals surface area contributed by atoms with Gasteiger partial charge >= 0.3 is 0 Å². The lowest BCUT2D eigenvalue weighted by molar-refractivity contribution is 0.162. The van der Waals surface area contributed by atoms with E-state index in [1.54, 1.807) is 0 Å². The van der Waals surface area contributed by atoms with E-state index in [4.69, 9.17) is 0 Å². The van der Waals surface area contributed by atoms with Crippen LogP contribution in [0.25, 0.3) is 0 Å². The van der Waals surface area contributed by atoms with Crippen molar-refractivity contribution in [2.45, 2.75) is 45.2 Å². The lowest BCUT2D eigenvalue weighted by atomic mass is 10.0. The molecule has 0 saturated carbocycles. The van der Waals surface area contributed by atoms with Crippen LogP contribution in [-0.4, -0.2) is 36.6 Å². The summed E-state index contributed by atoms with van der Waals surface area (Å²) in [4.78, 5) is 2.68. The summed E-state index contributed by atoms with van der Waals surface area (Å²) in [5.74, 6) is 0.830. The minimum atomic E-state index is 0.759. The summed E-state index contributed by atoms with van der Waals surface area (Å²) in [6.45, 7) is 8.51. The Kier molecular flexibility index (Phi) is 2.89. The van der Waals surface area contributed by atoms with Crippen LogP contribution in [0.1, 0.15) is 33.1 Å². The lowest BCUT2D eigenvalue weighted by Crippen LogP contribution is -2.54. The van der Waals surface area contributed by atoms with E-state index in [-0.39, 0.29) is 0 Å². The Morgan fingerprint density at radius 1 is 1.46 bits per heavy atom. The molecule has 2 atom stereocenters. The molecule has 0 aromatic heterocycles. The first-order valence-electron chi connectivity index (χ1n) is 5.73. The summed E-state index contributed by atoms with van der Waals surface area (Å²) in [7, 11) is 0. The van der Waals surface area contributed by atoms with Crippen LogP contribution in [0.4, 0.5) is 0 Å². The Hall–Kier alpha value is -0.0800. The average Bonchev–Trinajstić information content (AvgIpc) is 2.49. The van der Waals surface area contributed by atoms with Crippen molar-refractivity contribution in [2.75, 3.05) is 19.6 Å². The normalized spacial score (nSPS) is 35.3. The number of piperazine rings is 1. The van der Waals surface area contributed by atoms with Gasteiger partial charge in [0.2, 0.25) is 0 Å². The highest BCUT2D eigenvalue weighted by Gasteiger charge is 2.30. The van der Waals surface area contributed by atoms with E-state index in [2.05, 4.69) is 24.1 Å². The molecule has 2 nitrogen and oxygen atoms in total. The van der Waals surface area contributed by atoms with Crippen molar-refractivity contribution in [1.29, 1.82) is 0 Å². The van der Waals surface area contributed by atoms with E-state index in [9.17, 15) is 0 Å². The van der Waals surface area contributed by atoms with Gasteiger partial charge in [0.1, 0.15) is 0 Å². The van der Waals surface area contributed by atoms with Gasteiger partial charge in [-0.2, -0.15) is 0 Å². The highest BCUT2D eigenvalue weighted by molar-refractivity contribution is 4.90. The van der Waals surface area contributed by atoms with Gasteiger partial charge in [-0.25, -0.2) is 0 Å². The minimum absolute atomic E-state index is 0.759. The Bertz CT molecular complexity index is 167. The predicted octanol–water partition coefficient (Wildman–Crippen LogP) is 1.47. The van der Waals surface area contributed by atoms with Gasteiger partial charge in [-0.15, -0.1) is 0 Å². The fraction of sp³-hybridized carbons (Fsp3) is 1.00. The standard InChI is InChI=1S/C11H22N2/c1-9(2)6-10-8-13-5-3-4-11(13)7-12-10/h9-12H,3-8H2,1-2H3/t10-,11-/m0/s1. The second kappa shape index (κ2) is 3.97. The first kappa shape index (κ1) is 9.47. The molecule has 0 aromatic carbocycles. The zero-order chi connectivity index (χ0) is 9.26. The summed E-state index contributed by atoms with van der Waals surface area (Å²) in [6, 6.07) is 1.62. The third-order valence-electron chi connectivity index (χ3n) is 3.35. The molecule has 2 saturated heterocycles. The van der Waals surface area contributed by atoms with Crippen molar-refractivity contribution >= 4 is 0 Å². The largest absolute Gasteiger partial charge is 0.311 e. The van der Waals surface area contributed by atoms with Gasteiger partial charge in [-0.05, 0) is 31.7 Å². The topological polar surface area (TPSA) is 15.3 Å². The molecule has 0 spiro atoms. The molecule has 2 heteroatoms. The molecule has 0 aromatic rings. The number of rotatable bonds is 2. The number of hydrogen-bond acceptors (Lipinski definition) is 2.